The van der Waals surface area contributed by atoms with Crippen LogP contribution in [0, 0.1) is 6.92 Å². The fourth-order valence-electron chi connectivity index (χ4n) is 2.38. The molecule has 1 saturated carbocycles. The summed E-state index contributed by atoms with van der Waals surface area (Å²) in [6.07, 6.45) is 5.24. The Kier molecular flexibility index (Phi) is 2.59. The van der Waals surface area contributed by atoms with E-state index in [0.29, 0.717) is 5.54 Å². The summed E-state index contributed by atoms with van der Waals surface area (Å²) in [5.74, 6) is 0. The van der Waals surface area contributed by atoms with E-state index in [9.17, 15) is 0 Å². The molecule has 0 amide bonds. The molecule has 1 aromatic rings. The number of aryl methyl sites for hydroxylation is 1. The average molecular weight is 204 g/mol. The van der Waals surface area contributed by atoms with Crippen LogP contribution in [-0.2, 0) is 0 Å². The number of anilines is 2. The average Bonchev–Trinajstić information content (AvgIpc) is 2.59. The lowest BCUT2D eigenvalue weighted by molar-refractivity contribution is 0.533. The summed E-state index contributed by atoms with van der Waals surface area (Å²) in [6.45, 7) is 4.36. The molecule has 82 valence electrons. The summed E-state index contributed by atoms with van der Waals surface area (Å²) >= 11 is 0. The zero-order valence-electron chi connectivity index (χ0n) is 9.64. The molecule has 0 spiro atoms. The highest BCUT2D eigenvalue weighted by Crippen LogP contribution is 2.33. The molecule has 0 unspecified atom stereocenters. The van der Waals surface area contributed by atoms with Gasteiger partial charge in [0.05, 0.1) is 0 Å². The zero-order valence-corrected chi connectivity index (χ0v) is 9.64. The van der Waals surface area contributed by atoms with Crippen LogP contribution in [0.15, 0.2) is 18.2 Å². The van der Waals surface area contributed by atoms with Crippen molar-refractivity contribution >= 4 is 11.4 Å². The standard InChI is InChI=1S/C13H20N2/c1-10-9-11(5-6-12(10)14)15-13(2)7-3-4-8-13/h5-6,9,15H,3-4,7-8,14H2,1-2H3. The van der Waals surface area contributed by atoms with E-state index in [0.717, 1.165) is 11.3 Å². The molecule has 0 radical (unpaired) electrons. The van der Waals surface area contributed by atoms with E-state index in [2.05, 4.69) is 31.3 Å². The van der Waals surface area contributed by atoms with Gasteiger partial charge in [-0.3, -0.25) is 0 Å². The molecule has 2 heteroatoms. The minimum absolute atomic E-state index is 0.294. The fourth-order valence-corrected chi connectivity index (χ4v) is 2.38. The molecule has 0 atom stereocenters. The fraction of sp³-hybridized carbons (Fsp3) is 0.538. The minimum atomic E-state index is 0.294. The van der Waals surface area contributed by atoms with Gasteiger partial charge in [0.25, 0.3) is 0 Å². The van der Waals surface area contributed by atoms with Crippen molar-refractivity contribution in [3.8, 4) is 0 Å². The summed E-state index contributed by atoms with van der Waals surface area (Å²) in [6, 6.07) is 6.20. The third kappa shape index (κ3) is 2.25. The van der Waals surface area contributed by atoms with E-state index in [1.165, 1.54) is 31.4 Å². The van der Waals surface area contributed by atoms with E-state index < -0.39 is 0 Å². The Balaban J connectivity index is 2.13. The number of nitrogen functional groups attached to an aromatic ring is 1. The topological polar surface area (TPSA) is 38.0 Å². The van der Waals surface area contributed by atoms with Crippen LogP contribution in [0.4, 0.5) is 11.4 Å². The maximum atomic E-state index is 5.80. The molecule has 2 rings (SSSR count). The molecular weight excluding hydrogens is 184 g/mol. The first-order chi connectivity index (χ1) is 7.09. The lowest BCUT2D eigenvalue weighted by atomic mass is 10.00. The highest BCUT2D eigenvalue weighted by molar-refractivity contribution is 5.57. The van der Waals surface area contributed by atoms with Crippen molar-refractivity contribution in [3.05, 3.63) is 23.8 Å². The first kappa shape index (κ1) is 10.3. The molecule has 2 nitrogen and oxygen atoms in total. The van der Waals surface area contributed by atoms with Gasteiger partial charge in [0, 0.05) is 16.9 Å². The van der Waals surface area contributed by atoms with Crippen molar-refractivity contribution in [2.24, 2.45) is 0 Å². The van der Waals surface area contributed by atoms with Crippen LogP contribution in [0.25, 0.3) is 0 Å². The summed E-state index contributed by atoms with van der Waals surface area (Å²) in [5, 5.41) is 3.63. The summed E-state index contributed by atoms with van der Waals surface area (Å²) in [7, 11) is 0. The Morgan fingerprint density at radius 2 is 1.93 bits per heavy atom. The second-order valence-electron chi connectivity index (χ2n) is 4.96. The molecule has 1 aliphatic rings. The van der Waals surface area contributed by atoms with Crippen molar-refractivity contribution in [3.63, 3.8) is 0 Å². The lowest BCUT2D eigenvalue weighted by Gasteiger charge is -2.27. The van der Waals surface area contributed by atoms with Crippen molar-refractivity contribution in [2.45, 2.75) is 45.1 Å². The van der Waals surface area contributed by atoms with Crippen LogP contribution in [0.3, 0.4) is 0 Å². The molecular formula is C13H20N2. The Bertz CT molecular complexity index is 352. The van der Waals surface area contributed by atoms with Gasteiger partial charge in [-0.05, 0) is 50.5 Å². The number of rotatable bonds is 2. The molecule has 0 aliphatic heterocycles. The third-order valence-corrected chi connectivity index (χ3v) is 3.42. The number of nitrogens with one attached hydrogen (secondary N) is 1. The van der Waals surface area contributed by atoms with Crippen molar-refractivity contribution in [1.29, 1.82) is 0 Å². The predicted octanol–water partition coefficient (Wildman–Crippen LogP) is 3.32. The SMILES string of the molecule is Cc1cc(NC2(C)CCCC2)ccc1N. The maximum absolute atomic E-state index is 5.80. The van der Waals surface area contributed by atoms with Crippen LogP contribution in [-0.4, -0.2) is 5.54 Å². The quantitative estimate of drug-likeness (QED) is 0.725. The number of benzene rings is 1. The van der Waals surface area contributed by atoms with Crippen LogP contribution in [0.5, 0.6) is 0 Å². The monoisotopic (exact) mass is 204 g/mol. The van der Waals surface area contributed by atoms with Crippen LogP contribution >= 0.6 is 0 Å². The molecule has 0 saturated heterocycles. The molecule has 0 heterocycles. The van der Waals surface area contributed by atoms with Crippen LogP contribution in [0.1, 0.15) is 38.2 Å². The number of nitrogens with two attached hydrogens (primary N) is 1. The third-order valence-electron chi connectivity index (χ3n) is 3.42. The smallest absolute Gasteiger partial charge is 0.0348 e. The molecule has 0 aromatic heterocycles. The van der Waals surface area contributed by atoms with Crippen molar-refractivity contribution < 1.29 is 0 Å². The van der Waals surface area contributed by atoms with E-state index in [4.69, 9.17) is 5.73 Å². The first-order valence-electron chi connectivity index (χ1n) is 5.73. The summed E-state index contributed by atoms with van der Waals surface area (Å²) in [4.78, 5) is 0. The maximum Gasteiger partial charge on any atom is 0.0348 e. The van der Waals surface area contributed by atoms with Gasteiger partial charge < -0.3 is 11.1 Å². The molecule has 3 N–H and O–H groups in total. The second-order valence-corrected chi connectivity index (χ2v) is 4.96. The van der Waals surface area contributed by atoms with Gasteiger partial charge in [-0.2, -0.15) is 0 Å². The number of hydrogen-bond donors (Lipinski definition) is 2. The second kappa shape index (κ2) is 3.76. The van der Waals surface area contributed by atoms with Gasteiger partial charge in [0.15, 0.2) is 0 Å². The van der Waals surface area contributed by atoms with Crippen molar-refractivity contribution in [1.82, 2.24) is 0 Å². The lowest BCUT2D eigenvalue weighted by Crippen LogP contribution is -2.30. The van der Waals surface area contributed by atoms with Gasteiger partial charge in [-0.25, -0.2) is 0 Å². The van der Waals surface area contributed by atoms with Gasteiger partial charge >= 0.3 is 0 Å². The summed E-state index contributed by atoms with van der Waals surface area (Å²) in [5.41, 5.74) is 9.32. The van der Waals surface area contributed by atoms with Gasteiger partial charge in [-0.15, -0.1) is 0 Å². The molecule has 1 aliphatic carbocycles. The summed E-state index contributed by atoms with van der Waals surface area (Å²) < 4.78 is 0. The van der Waals surface area contributed by atoms with Crippen LogP contribution in [0.2, 0.25) is 0 Å². The number of hydrogen-bond acceptors (Lipinski definition) is 2. The first-order valence-corrected chi connectivity index (χ1v) is 5.73. The Morgan fingerprint density at radius 3 is 2.53 bits per heavy atom. The largest absolute Gasteiger partial charge is 0.399 e. The van der Waals surface area contributed by atoms with Crippen LogP contribution < -0.4 is 11.1 Å². The molecule has 1 aromatic carbocycles. The van der Waals surface area contributed by atoms with E-state index in [-0.39, 0.29) is 0 Å². The van der Waals surface area contributed by atoms with Crippen molar-refractivity contribution in [2.75, 3.05) is 11.1 Å². The van der Waals surface area contributed by atoms with E-state index in [1.54, 1.807) is 0 Å². The molecule has 1 fully saturated rings. The Labute approximate surface area is 91.9 Å². The Hall–Kier alpha value is -1.18. The van der Waals surface area contributed by atoms with E-state index in [1.807, 2.05) is 6.07 Å². The predicted molar refractivity (Wildman–Crippen MR) is 66.1 cm³/mol. The normalized spacial score (nSPS) is 19.1. The highest BCUT2D eigenvalue weighted by atomic mass is 15.0. The van der Waals surface area contributed by atoms with E-state index >= 15 is 0 Å². The Morgan fingerprint density at radius 1 is 1.27 bits per heavy atom. The minimum Gasteiger partial charge on any atom is -0.399 e. The van der Waals surface area contributed by atoms with Gasteiger partial charge in [0.1, 0.15) is 0 Å². The zero-order chi connectivity index (χ0) is 10.9. The molecule has 0 bridgehead atoms. The highest BCUT2D eigenvalue weighted by Gasteiger charge is 2.28. The van der Waals surface area contributed by atoms with Gasteiger partial charge in [0.2, 0.25) is 0 Å². The van der Waals surface area contributed by atoms with Gasteiger partial charge in [-0.1, -0.05) is 12.8 Å². The molecule has 15 heavy (non-hydrogen) atoms.